The minimum absolute atomic E-state index is 0.177. The van der Waals surface area contributed by atoms with Crippen LogP contribution < -0.4 is 20.7 Å². The van der Waals surface area contributed by atoms with Crippen molar-refractivity contribution in [2.24, 2.45) is 0 Å². The molecular formula is C19H17FN4O3S. The highest BCUT2D eigenvalue weighted by Gasteiger charge is 2.13. The summed E-state index contributed by atoms with van der Waals surface area (Å²) in [5.41, 5.74) is 1.21. The molecule has 7 nitrogen and oxygen atoms in total. The Morgan fingerprint density at radius 2 is 1.64 bits per heavy atom. The third-order valence-corrected chi connectivity index (χ3v) is 4.24. The summed E-state index contributed by atoms with van der Waals surface area (Å²) in [5.74, 6) is -0.0747. The first-order valence-electron chi connectivity index (χ1n) is 8.37. The van der Waals surface area contributed by atoms with Crippen LogP contribution >= 0.6 is 11.3 Å². The minimum Gasteiger partial charge on any atom is -0.494 e. The van der Waals surface area contributed by atoms with Gasteiger partial charge in [0.05, 0.1) is 6.61 Å². The Balaban J connectivity index is 1.55. The summed E-state index contributed by atoms with van der Waals surface area (Å²) < 4.78 is 18.2. The largest absolute Gasteiger partial charge is 0.494 e. The van der Waals surface area contributed by atoms with Crippen LogP contribution in [0.3, 0.4) is 0 Å². The smallest absolute Gasteiger partial charge is 0.325 e. The van der Waals surface area contributed by atoms with Crippen molar-refractivity contribution in [3.05, 3.63) is 65.4 Å². The van der Waals surface area contributed by atoms with Crippen molar-refractivity contribution in [3.8, 4) is 5.75 Å². The predicted octanol–water partition coefficient (Wildman–Crippen LogP) is 4.58. The molecule has 0 radical (unpaired) electrons. The van der Waals surface area contributed by atoms with Gasteiger partial charge in [-0.3, -0.25) is 10.1 Å². The van der Waals surface area contributed by atoms with Crippen LogP contribution in [-0.4, -0.2) is 23.5 Å². The van der Waals surface area contributed by atoms with Crippen LogP contribution in [0, 0.1) is 5.82 Å². The lowest BCUT2D eigenvalue weighted by Gasteiger charge is -2.06. The van der Waals surface area contributed by atoms with Crippen molar-refractivity contribution >= 4 is 39.8 Å². The van der Waals surface area contributed by atoms with Crippen molar-refractivity contribution in [2.45, 2.75) is 6.92 Å². The minimum atomic E-state index is -0.542. The Morgan fingerprint density at radius 3 is 2.32 bits per heavy atom. The van der Waals surface area contributed by atoms with E-state index in [1.54, 1.807) is 24.3 Å². The number of amides is 3. The Kier molecular flexibility index (Phi) is 6.18. The fourth-order valence-electron chi connectivity index (χ4n) is 2.22. The summed E-state index contributed by atoms with van der Waals surface area (Å²) in [6.45, 7) is 2.46. The van der Waals surface area contributed by atoms with Gasteiger partial charge in [0.25, 0.3) is 5.91 Å². The van der Waals surface area contributed by atoms with Gasteiger partial charge in [-0.05, 0) is 55.5 Å². The number of rotatable bonds is 6. The number of nitrogens with zero attached hydrogens (tertiary/aromatic N) is 1. The van der Waals surface area contributed by atoms with Gasteiger partial charge in [0.15, 0.2) is 5.13 Å². The van der Waals surface area contributed by atoms with Crippen LogP contribution in [0.4, 0.5) is 25.7 Å². The maximum absolute atomic E-state index is 12.9. The Hall–Kier alpha value is -3.46. The summed E-state index contributed by atoms with van der Waals surface area (Å²) >= 11 is 1.11. The molecule has 144 valence electrons. The summed E-state index contributed by atoms with van der Waals surface area (Å²) in [6, 6.07) is 11.8. The molecule has 0 saturated carbocycles. The van der Waals surface area contributed by atoms with E-state index in [1.807, 2.05) is 6.92 Å². The highest BCUT2D eigenvalue weighted by molar-refractivity contribution is 7.14. The molecule has 0 aliphatic rings. The number of benzene rings is 2. The van der Waals surface area contributed by atoms with E-state index in [1.165, 1.54) is 29.6 Å². The zero-order valence-corrected chi connectivity index (χ0v) is 15.7. The van der Waals surface area contributed by atoms with E-state index in [9.17, 15) is 14.0 Å². The summed E-state index contributed by atoms with van der Waals surface area (Å²) in [5, 5.41) is 9.61. The van der Waals surface area contributed by atoms with E-state index in [4.69, 9.17) is 4.74 Å². The van der Waals surface area contributed by atoms with Gasteiger partial charge in [-0.2, -0.15) is 0 Å². The number of nitrogens with one attached hydrogen (secondary N) is 3. The number of ether oxygens (including phenoxy) is 1. The summed E-state index contributed by atoms with van der Waals surface area (Å²) in [6.07, 6.45) is 0. The van der Waals surface area contributed by atoms with E-state index in [0.717, 1.165) is 11.3 Å². The first-order chi connectivity index (χ1) is 13.5. The SMILES string of the molecule is CCOc1ccc(NC(=O)c2csc(NC(=O)Nc3ccc(F)cc3)n2)cc1. The molecular weight excluding hydrogens is 383 g/mol. The Labute approximate surface area is 164 Å². The van der Waals surface area contributed by atoms with Crippen LogP contribution in [0.2, 0.25) is 0 Å². The molecule has 28 heavy (non-hydrogen) atoms. The molecule has 0 bridgehead atoms. The quantitative estimate of drug-likeness (QED) is 0.565. The van der Waals surface area contributed by atoms with Gasteiger partial charge in [0.2, 0.25) is 0 Å². The fourth-order valence-corrected chi connectivity index (χ4v) is 2.91. The van der Waals surface area contributed by atoms with E-state index >= 15 is 0 Å². The standard InChI is InChI=1S/C19H17FN4O3S/c1-2-27-15-9-7-13(8-10-15)21-17(25)16-11-28-19(23-16)24-18(26)22-14-5-3-12(20)4-6-14/h3-11H,2H2,1H3,(H,21,25)(H2,22,23,24,26). The molecule has 0 atom stereocenters. The van der Waals surface area contributed by atoms with Gasteiger partial charge in [0.1, 0.15) is 17.3 Å². The zero-order chi connectivity index (χ0) is 19.9. The summed E-state index contributed by atoms with van der Waals surface area (Å²) in [4.78, 5) is 28.3. The average Bonchev–Trinajstić information content (AvgIpc) is 3.14. The molecule has 0 aliphatic carbocycles. The lowest BCUT2D eigenvalue weighted by atomic mass is 10.3. The molecule has 9 heteroatoms. The number of halogens is 1. The number of carbonyl (C=O) groups is 2. The molecule has 1 aromatic heterocycles. The third kappa shape index (κ3) is 5.27. The number of aromatic nitrogens is 1. The second-order valence-corrected chi connectivity index (χ2v) is 6.39. The lowest BCUT2D eigenvalue weighted by molar-refractivity contribution is 0.102. The van der Waals surface area contributed by atoms with Gasteiger partial charge in [0, 0.05) is 16.8 Å². The number of anilines is 3. The number of hydrogen-bond acceptors (Lipinski definition) is 5. The van der Waals surface area contributed by atoms with Gasteiger partial charge in [-0.15, -0.1) is 11.3 Å². The highest BCUT2D eigenvalue weighted by atomic mass is 32.1. The Bertz CT molecular complexity index is 958. The van der Waals surface area contributed by atoms with E-state index in [0.29, 0.717) is 23.7 Å². The van der Waals surface area contributed by atoms with Crippen LogP contribution in [0.5, 0.6) is 5.75 Å². The third-order valence-electron chi connectivity index (χ3n) is 3.48. The molecule has 3 N–H and O–H groups in total. The fraction of sp³-hybridized carbons (Fsp3) is 0.105. The van der Waals surface area contributed by atoms with Crippen LogP contribution in [-0.2, 0) is 0 Å². The maximum Gasteiger partial charge on any atom is 0.325 e. The van der Waals surface area contributed by atoms with Crippen LogP contribution in [0.15, 0.2) is 53.9 Å². The average molecular weight is 400 g/mol. The molecule has 3 aromatic rings. The number of thiazole rings is 1. The first kappa shape index (κ1) is 19.3. The molecule has 0 unspecified atom stereocenters. The van der Waals surface area contributed by atoms with Crippen LogP contribution in [0.25, 0.3) is 0 Å². The molecule has 0 saturated heterocycles. The molecule has 0 aliphatic heterocycles. The normalized spacial score (nSPS) is 10.2. The first-order valence-corrected chi connectivity index (χ1v) is 9.25. The van der Waals surface area contributed by atoms with Crippen molar-refractivity contribution in [1.29, 1.82) is 0 Å². The Morgan fingerprint density at radius 1 is 1.00 bits per heavy atom. The second kappa shape index (κ2) is 8.96. The van der Waals surface area contributed by atoms with Gasteiger partial charge >= 0.3 is 6.03 Å². The molecule has 3 rings (SSSR count). The van der Waals surface area contributed by atoms with Crippen LogP contribution in [0.1, 0.15) is 17.4 Å². The van der Waals surface area contributed by atoms with Gasteiger partial charge in [-0.25, -0.2) is 14.2 Å². The lowest BCUT2D eigenvalue weighted by Crippen LogP contribution is -2.19. The maximum atomic E-state index is 12.9. The molecule has 0 fully saturated rings. The van der Waals surface area contributed by atoms with E-state index < -0.39 is 17.8 Å². The molecule has 3 amide bonds. The number of carbonyl (C=O) groups excluding carboxylic acids is 2. The van der Waals surface area contributed by atoms with Crippen molar-refractivity contribution in [1.82, 2.24) is 4.98 Å². The monoisotopic (exact) mass is 400 g/mol. The van der Waals surface area contributed by atoms with Crippen molar-refractivity contribution < 1.29 is 18.7 Å². The van der Waals surface area contributed by atoms with E-state index in [-0.39, 0.29) is 10.8 Å². The van der Waals surface area contributed by atoms with Gasteiger partial charge in [-0.1, -0.05) is 0 Å². The van der Waals surface area contributed by atoms with Crippen molar-refractivity contribution in [2.75, 3.05) is 22.6 Å². The summed E-state index contributed by atoms with van der Waals surface area (Å²) in [7, 11) is 0. The second-order valence-electron chi connectivity index (χ2n) is 5.54. The van der Waals surface area contributed by atoms with Crippen molar-refractivity contribution in [3.63, 3.8) is 0 Å². The molecule has 2 aromatic carbocycles. The molecule has 0 spiro atoms. The van der Waals surface area contributed by atoms with E-state index in [2.05, 4.69) is 20.9 Å². The zero-order valence-electron chi connectivity index (χ0n) is 14.9. The van der Waals surface area contributed by atoms with Gasteiger partial charge < -0.3 is 15.4 Å². The number of urea groups is 1. The predicted molar refractivity (Wildman–Crippen MR) is 107 cm³/mol. The number of hydrogen-bond donors (Lipinski definition) is 3. The topological polar surface area (TPSA) is 92.4 Å². The highest BCUT2D eigenvalue weighted by Crippen LogP contribution is 2.19. The molecule has 1 heterocycles.